The van der Waals surface area contributed by atoms with Gasteiger partial charge in [-0.3, -0.25) is 14.9 Å². The van der Waals surface area contributed by atoms with Gasteiger partial charge >= 0.3 is 0 Å². The molecular formula is C22H26N4O3S2. The van der Waals surface area contributed by atoms with Crippen LogP contribution in [0.15, 0.2) is 29.6 Å². The number of hydrogen-bond acceptors (Lipinski definition) is 7. The van der Waals surface area contributed by atoms with Gasteiger partial charge in [0, 0.05) is 41.5 Å². The topological polar surface area (TPSA) is 92.4 Å². The summed E-state index contributed by atoms with van der Waals surface area (Å²) in [7, 11) is 0. The molecule has 1 unspecified atom stereocenters. The molecule has 31 heavy (non-hydrogen) atoms. The molecule has 9 heteroatoms. The van der Waals surface area contributed by atoms with Crippen LogP contribution in [0.4, 0.5) is 5.13 Å². The second-order valence-electron chi connectivity index (χ2n) is 8.28. The molecule has 3 heterocycles. The maximum Gasteiger partial charge on any atom is 0.251 e. The van der Waals surface area contributed by atoms with Crippen LogP contribution < -0.4 is 16.0 Å². The second-order valence-corrected chi connectivity index (χ2v) is 10.3. The minimum atomic E-state index is -0.200. The van der Waals surface area contributed by atoms with Crippen molar-refractivity contribution in [3.63, 3.8) is 0 Å². The average Bonchev–Trinajstić information content (AvgIpc) is 3.27. The van der Waals surface area contributed by atoms with E-state index in [0.717, 1.165) is 55.9 Å². The van der Waals surface area contributed by atoms with Crippen molar-refractivity contribution in [2.75, 3.05) is 24.3 Å². The number of carbonyl (C=O) groups is 2. The third kappa shape index (κ3) is 5.11. The summed E-state index contributed by atoms with van der Waals surface area (Å²) in [5.41, 5.74) is 2.38. The largest absolute Gasteiger partial charge is 0.381 e. The summed E-state index contributed by atoms with van der Waals surface area (Å²) in [6, 6.07) is 7.58. The van der Waals surface area contributed by atoms with Gasteiger partial charge in [0.25, 0.3) is 5.91 Å². The van der Waals surface area contributed by atoms with Crippen LogP contribution in [0.25, 0.3) is 11.3 Å². The molecule has 2 aromatic rings. The zero-order chi connectivity index (χ0) is 21.2. The first-order valence-electron chi connectivity index (χ1n) is 10.8. The molecule has 1 saturated carbocycles. The van der Waals surface area contributed by atoms with Gasteiger partial charge in [-0.05, 0) is 43.7 Å². The molecule has 2 aliphatic heterocycles. The van der Waals surface area contributed by atoms with Crippen LogP contribution in [-0.2, 0) is 9.53 Å². The number of nitrogens with one attached hydrogen (secondary N) is 3. The Morgan fingerprint density at radius 3 is 2.61 bits per heavy atom. The summed E-state index contributed by atoms with van der Waals surface area (Å²) in [4.78, 5) is 29.4. The summed E-state index contributed by atoms with van der Waals surface area (Å²) < 4.78 is 5.44. The van der Waals surface area contributed by atoms with Gasteiger partial charge in [-0.2, -0.15) is 0 Å². The summed E-state index contributed by atoms with van der Waals surface area (Å²) in [5, 5.41) is 12.3. The number of benzene rings is 1. The van der Waals surface area contributed by atoms with Gasteiger partial charge in [-0.25, -0.2) is 4.98 Å². The highest BCUT2D eigenvalue weighted by atomic mass is 32.2. The number of thioether (sulfide) groups is 1. The number of hydrogen-bond donors (Lipinski definition) is 3. The van der Waals surface area contributed by atoms with Crippen LogP contribution in [0.5, 0.6) is 0 Å². The van der Waals surface area contributed by atoms with E-state index in [9.17, 15) is 9.59 Å². The molecule has 0 bridgehead atoms. The van der Waals surface area contributed by atoms with Crippen molar-refractivity contribution in [2.45, 2.75) is 43.1 Å². The molecule has 3 aliphatic rings. The molecule has 3 fully saturated rings. The molecule has 1 aromatic heterocycles. The third-order valence-electron chi connectivity index (χ3n) is 5.91. The highest BCUT2D eigenvalue weighted by Crippen LogP contribution is 2.32. The van der Waals surface area contributed by atoms with E-state index in [4.69, 9.17) is 4.74 Å². The Balaban J connectivity index is 1.16. The second kappa shape index (κ2) is 9.28. The first-order chi connectivity index (χ1) is 15.2. The van der Waals surface area contributed by atoms with Crippen LogP contribution in [0.2, 0.25) is 0 Å². The first-order valence-corrected chi connectivity index (χ1v) is 12.7. The normalized spacial score (nSPS) is 24.1. The Morgan fingerprint density at radius 2 is 1.87 bits per heavy atom. The standard InChI is InChI=1S/C22H26N4O3S2/c27-19(23-16-5-6-16)14-3-1-13(2-4-14)17-11-31-22(25-17)26-20(28)18-12-30-21(24-18)15-7-9-29-10-8-15/h1-4,11,15-16,18,21,24H,5-10,12H2,(H,23,27)(H,25,26,28)/t18?,21-/m1/s1. The van der Waals surface area contributed by atoms with E-state index in [2.05, 4.69) is 20.9 Å². The molecule has 5 rings (SSSR count). The zero-order valence-corrected chi connectivity index (χ0v) is 18.8. The molecule has 164 valence electrons. The van der Waals surface area contributed by atoms with Crippen molar-refractivity contribution < 1.29 is 14.3 Å². The van der Waals surface area contributed by atoms with Crippen molar-refractivity contribution in [2.24, 2.45) is 5.92 Å². The van der Waals surface area contributed by atoms with E-state index in [1.807, 2.05) is 41.4 Å². The lowest BCUT2D eigenvalue weighted by Crippen LogP contribution is -2.43. The lowest BCUT2D eigenvalue weighted by atomic mass is 10.00. The van der Waals surface area contributed by atoms with Crippen molar-refractivity contribution in [1.29, 1.82) is 0 Å². The number of rotatable bonds is 6. The van der Waals surface area contributed by atoms with E-state index in [-0.39, 0.29) is 17.9 Å². The first kappa shape index (κ1) is 20.9. The molecule has 2 amide bonds. The molecule has 2 saturated heterocycles. The number of aromatic nitrogens is 1. The van der Waals surface area contributed by atoms with Gasteiger partial charge in [-0.15, -0.1) is 23.1 Å². The summed E-state index contributed by atoms with van der Waals surface area (Å²) in [6.07, 6.45) is 4.25. The molecular weight excluding hydrogens is 432 g/mol. The van der Waals surface area contributed by atoms with E-state index in [0.29, 0.717) is 28.0 Å². The summed E-state index contributed by atoms with van der Waals surface area (Å²) in [6.45, 7) is 1.63. The molecule has 3 N–H and O–H groups in total. The summed E-state index contributed by atoms with van der Waals surface area (Å²) in [5.74, 6) is 1.28. The Hall–Kier alpha value is -1.94. The quantitative estimate of drug-likeness (QED) is 0.616. The SMILES string of the molecule is O=C(NC1CC1)c1ccc(-c2csc(NC(=O)C3CS[C@H](C4CCOCC4)N3)n2)cc1. The zero-order valence-electron chi connectivity index (χ0n) is 17.1. The van der Waals surface area contributed by atoms with Gasteiger partial charge in [0.15, 0.2) is 5.13 Å². The van der Waals surface area contributed by atoms with Crippen LogP contribution in [0.3, 0.4) is 0 Å². The van der Waals surface area contributed by atoms with Crippen molar-refractivity contribution in [1.82, 2.24) is 15.6 Å². The third-order valence-corrected chi connectivity index (χ3v) is 8.07. The fourth-order valence-electron chi connectivity index (χ4n) is 3.88. The van der Waals surface area contributed by atoms with Crippen LogP contribution >= 0.6 is 23.1 Å². The Morgan fingerprint density at radius 1 is 1.10 bits per heavy atom. The smallest absolute Gasteiger partial charge is 0.251 e. The number of nitrogens with zero attached hydrogens (tertiary/aromatic N) is 1. The highest BCUT2D eigenvalue weighted by Gasteiger charge is 2.35. The van der Waals surface area contributed by atoms with E-state index >= 15 is 0 Å². The van der Waals surface area contributed by atoms with Crippen molar-refractivity contribution in [3.05, 3.63) is 35.2 Å². The molecule has 0 radical (unpaired) electrons. The van der Waals surface area contributed by atoms with Crippen LogP contribution in [0, 0.1) is 5.92 Å². The minimum Gasteiger partial charge on any atom is -0.381 e. The minimum absolute atomic E-state index is 0.0266. The molecule has 1 aliphatic carbocycles. The van der Waals surface area contributed by atoms with Gasteiger partial charge in [0.1, 0.15) is 0 Å². The molecule has 7 nitrogen and oxygen atoms in total. The molecule has 2 atom stereocenters. The average molecular weight is 459 g/mol. The highest BCUT2D eigenvalue weighted by molar-refractivity contribution is 8.00. The van der Waals surface area contributed by atoms with Gasteiger partial charge in [0.2, 0.25) is 5.91 Å². The molecule has 0 spiro atoms. The fourth-order valence-corrected chi connectivity index (χ4v) is 6.06. The lowest BCUT2D eigenvalue weighted by molar-refractivity contribution is -0.117. The molecule has 1 aromatic carbocycles. The predicted molar refractivity (Wildman–Crippen MR) is 123 cm³/mol. The number of ether oxygens (including phenoxy) is 1. The number of carbonyl (C=O) groups excluding carboxylic acids is 2. The Bertz CT molecular complexity index is 938. The fraction of sp³-hybridized carbons (Fsp3) is 0.500. The van der Waals surface area contributed by atoms with Gasteiger partial charge in [0.05, 0.1) is 17.1 Å². The van der Waals surface area contributed by atoms with Crippen molar-refractivity contribution >= 4 is 40.0 Å². The van der Waals surface area contributed by atoms with E-state index < -0.39 is 0 Å². The Labute approximate surface area is 189 Å². The van der Waals surface area contributed by atoms with Gasteiger partial charge < -0.3 is 15.4 Å². The van der Waals surface area contributed by atoms with Crippen molar-refractivity contribution in [3.8, 4) is 11.3 Å². The van der Waals surface area contributed by atoms with E-state index in [1.165, 1.54) is 11.3 Å². The monoisotopic (exact) mass is 458 g/mol. The maximum absolute atomic E-state index is 12.7. The number of amides is 2. The van der Waals surface area contributed by atoms with Crippen LogP contribution in [0.1, 0.15) is 36.0 Å². The maximum atomic E-state index is 12.7. The van der Waals surface area contributed by atoms with E-state index in [1.54, 1.807) is 0 Å². The Kier molecular flexibility index (Phi) is 6.27. The lowest BCUT2D eigenvalue weighted by Gasteiger charge is -2.27. The summed E-state index contributed by atoms with van der Waals surface area (Å²) >= 11 is 3.25. The van der Waals surface area contributed by atoms with Crippen LogP contribution in [-0.4, -0.2) is 53.2 Å². The predicted octanol–water partition coefficient (Wildman–Crippen LogP) is 3.10. The number of anilines is 1. The number of thiazole rings is 1. The van der Waals surface area contributed by atoms with Gasteiger partial charge in [-0.1, -0.05) is 12.1 Å².